The first-order valence-electron chi connectivity index (χ1n) is 6.17. The van der Waals surface area contributed by atoms with Gasteiger partial charge in [0.05, 0.1) is 0 Å². The Bertz CT molecular complexity index is 671. The van der Waals surface area contributed by atoms with Crippen LogP contribution in [0.25, 0.3) is 10.8 Å². The van der Waals surface area contributed by atoms with Crippen molar-refractivity contribution in [1.29, 1.82) is 0 Å². The highest BCUT2D eigenvalue weighted by atomic mass is 16.3. The van der Waals surface area contributed by atoms with Crippen LogP contribution in [-0.4, -0.2) is 22.6 Å². The van der Waals surface area contributed by atoms with Crippen LogP contribution < -0.4 is 5.56 Å². The molecule has 4 heteroatoms. The SMILES string of the molecule is CC(C)(CO)Cn1cc(C=O)c2ccccc2c1=O. The highest BCUT2D eigenvalue weighted by Crippen LogP contribution is 2.18. The van der Waals surface area contributed by atoms with Gasteiger partial charge in [0.2, 0.25) is 0 Å². The Kier molecular flexibility index (Phi) is 3.53. The highest BCUT2D eigenvalue weighted by molar-refractivity contribution is 5.97. The normalized spacial score (nSPS) is 11.7. The van der Waals surface area contributed by atoms with Crippen LogP contribution in [0.1, 0.15) is 24.2 Å². The molecule has 0 atom stereocenters. The zero-order valence-corrected chi connectivity index (χ0v) is 11.1. The van der Waals surface area contributed by atoms with Crippen molar-refractivity contribution in [2.75, 3.05) is 6.61 Å². The van der Waals surface area contributed by atoms with Gasteiger partial charge >= 0.3 is 0 Å². The monoisotopic (exact) mass is 259 g/mol. The van der Waals surface area contributed by atoms with Gasteiger partial charge in [-0.3, -0.25) is 9.59 Å². The molecule has 2 aromatic rings. The van der Waals surface area contributed by atoms with E-state index in [1.54, 1.807) is 30.5 Å². The Balaban J connectivity index is 2.67. The second-order valence-corrected chi connectivity index (χ2v) is 5.50. The largest absolute Gasteiger partial charge is 0.396 e. The van der Waals surface area contributed by atoms with Crippen LogP contribution in [0.4, 0.5) is 0 Å². The van der Waals surface area contributed by atoms with Gasteiger partial charge in [0.1, 0.15) is 0 Å². The second-order valence-electron chi connectivity index (χ2n) is 5.50. The quantitative estimate of drug-likeness (QED) is 0.852. The molecule has 19 heavy (non-hydrogen) atoms. The van der Waals surface area contributed by atoms with Crippen LogP contribution in [0.5, 0.6) is 0 Å². The molecule has 0 bridgehead atoms. The molecule has 0 spiro atoms. The first-order valence-corrected chi connectivity index (χ1v) is 6.17. The first kappa shape index (κ1) is 13.5. The van der Waals surface area contributed by atoms with Crippen molar-refractivity contribution in [3.8, 4) is 0 Å². The lowest BCUT2D eigenvalue weighted by Gasteiger charge is -2.23. The second kappa shape index (κ2) is 4.97. The number of aliphatic hydroxyl groups is 1. The van der Waals surface area contributed by atoms with Crippen molar-refractivity contribution in [3.05, 3.63) is 46.4 Å². The molecule has 2 rings (SSSR count). The number of rotatable bonds is 4. The van der Waals surface area contributed by atoms with Crippen LogP contribution in [0, 0.1) is 5.41 Å². The highest BCUT2D eigenvalue weighted by Gasteiger charge is 2.19. The Morgan fingerprint density at radius 2 is 1.89 bits per heavy atom. The predicted molar refractivity (Wildman–Crippen MR) is 74.5 cm³/mol. The van der Waals surface area contributed by atoms with E-state index in [1.165, 1.54) is 4.57 Å². The van der Waals surface area contributed by atoms with Gasteiger partial charge in [0, 0.05) is 35.7 Å². The van der Waals surface area contributed by atoms with E-state index in [0.717, 1.165) is 6.29 Å². The van der Waals surface area contributed by atoms with Crippen LogP contribution in [0.3, 0.4) is 0 Å². The molecule has 1 aromatic carbocycles. The van der Waals surface area contributed by atoms with Gasteiger partial charge in [0.15, 0.2) is 6.29 Å². The molecule has 1 N–H and O–H groups in total. The summed E-state index contributed by atoms with van der Waals surface area (Å²) in [6.07, 6.45) is 2.32. The van der Waals surface area contributed by atoms with E-state index < -0.39 is 5.41 Å². The minimum atomic E-state index is -0.410. The molecule has 1 aromatic heterocycles. The maximum Gasteiger partial charge on any atom is 0.258 e. The number of aromatic nitrogens is 1. The van der Waals surface area contributed by atoms with E-state index in [0.29, 0.717) is 22.9 Å². The molecule has 0 aliphatic rings. The fraction of sp³-hybridized carbons (Fsp3) is 0.333. The summed E-state index contributed by atoms with van der Waals surface area (Å²) in [6, 6.07) is 7.06. The van der Waals surface area contributed by atoms with Crippen LogP contribution >= 0.6 is 0 Å². The van der Waals surface area contributed by atoms with Gasteiger partial charge in [-0.2, -0.15) is 0 Å². The summed E-state index contributed by atoms with van der Waals surface area (Å²) in [5, 5.41) is 10.5. The average Bonchev–Trinajstić information content (AvgIpc) is 2.42. The third-order valence-corrected chi connectivity index (χ3v) is 3.18. The van der Waals surface area contributed by atoms with Crippen molar-refractivity contribution in [2.45, 2.75) is 20.4 Å². The van der Waals surface area contributed by atoms with E-state index >= 15 is 0 Å². The van der Waals surface area contributed by atoms with Gasteiger partial charge in [-0.05, 0) is 11.5 Å². The molecule has 0 fully saturated rings. The number of carbonyl (C=O) groups is 1. The minimum absolute atomic E-state index is 0.0251. The number of hydrogen-bond acceptors (Lipinski definition) is 3. The van der Waals surface area contributed by atoms with Crippen molar-refractivity contribution in [2.24, 2.45) is 5.41 Å². The molecule has 0 radical (unpaired) electrons. The Labute approximate surface area is 111 Å². The van der Waals surface area contributed by atoms with Gasteiger partial charge in [-0.1, -0.05) is 32.0 Å². The summed E-state index contributed by atoms with van der Waals surface area (Å²) in [5.41, 5.74) is -0.0569. The maximum atomic E-state index is 12.4. The number of aliphatic hydroxyl groups excluding tert-OH is 1. The first-order chi connectivity index (χ1) is 8.98. The summed E-state index contributed by atoms with van der Waals surface area (Å²) in [5.74, 6) is 0. The van der Waals surface area contributed by atoms with Crippen molar-refractivity contribution >= 4 is 17.1 Å². The number of fused-ring (bicyclic) bond motifs is 1. The average molecular weight is 259 g/mol. The fourth-order valence-electron chi connectivity index (χ4n) is 2.09. The molecule has 0 saturated carbocycles. The molecule has 0 aliphatic heterocycles. The number of nitrogens with zero attached hydrogens (tertiary/aromatic N) is 1. The van der Waals surface area contributed by atoms with E-state index in [-0.39, 0.29) is 12.2 Å². The summed E-state index contributed by atoms with van der Waals surface area (Å²) >= 11 is 0. The van der Waals surface area contributed by atoms with E-state index in [9.17, 15) is 14.7 Å². The van der Waals surface area contributed by atoms with Gasteiger partial charge in [0.25, 0.3) is 5.56 Å². The molecule has 0 aliphatic carbocycles. The molecule has 1 heterocycles. The summed E-state index contributed by atoms with van der Waals surface area (Å²) < 4.78 is 1.50. The molecule has 0 amide bonds. The molecule has 4 nitrogen and oxygen atoms in total. The molecule has 100 valence electrons. The number of carbonyl (C=O) groups excluding carboxylic acids is 1. The van der Waals surface area contributed by atoms with E-state index in [2.05, 4.69) is 0 Å². The maximum absolute atomic E-state index is 12.4. The summed E-state index contributed by atoms with van der Waals surface area (Å²) in [7, 11) is 0. The lowest BCUT2D eigenvalue weighted by molar-refractivity contribution is 0.112. The Morgan fingerprint density at radius 1 is 1.26 bits per heavy atom. The third kappa shape index (κ3) is 2.58. The molecular weight excluding hydrogens is 242 g/mol. The fourth-order valence-corrected chi connectivity index (χ4v) is 2.09. The van der Waals surface area contributed by atoms with Gasteiger partial charge < -0.3 is 9.67 Å². The number of hydrogen-bond donors (Lipinski definition) is 1. The van der Waals surface area contributed by atoms with Crippen molar-refractivity contribution in [3.63, 3.8) is 0 Å². The van der Waals surface area contributed by atoms with Crippen LogP contribution in [-0.2, 0) is 6.54 Å². The lowest BCUT2D eigenvalue weighted by atomic mass is 9.94. The van der Waals surface area contributed by atoms with Crippen LogP contribution in [0.15, 0.2) is 35.3 Å². The lowest BCUT2D eigenvalue weighted by Crippen LogP contribution is -2.31. The Hall–Kier alpha value is -1.94. The number of pyridine rings is 1. The minimum Gasteiger partial charge on any atom is -0.396 e. The molecule has 0 unspecified atom stereocenters. The standard InChI is InChI=1S/C15H17NO3/c1-15(2,10-18)9-16-7-11(8-17)12-5-3-4-6-13(12)14(16)19/h3-8,18H,9-10H2,1-2H3. The van der Waals surface area contributed by atoms with Gasteiger partial charge in [-0.15, -0.1) is 0 Å². The smallest absolute Gasteiger partial charge is 0.258 e. The van der Waals surface area contributed by atoms with Crippen molar-refractivity contribution < 1.29 is 9.90 Å². The molecular formula is C15H17NO3. The summed E-state index contributed by atoms with van der Waals surface area (Å²) in [4.78, 5) is 23.5. The Morgan fingerprint density at radius 3 is 2.47 bits per heavy atom. The van der Waals surface area contributed by atoms with E-state index in [4.69, 9.17) is 0 Å². The number of aldehydes is 1. The third-order valence-electron chi connectivity index (χ3n) is 3.18. The zero-order valence-electron chi connectivity index (χ0n) is 11.1. The topological polar surface area (TPSA) is 59.3 Å². The summed E-state index contributed by atoms with van der Waals surface area (Å²) in [6.45, 7) is 4.08. The number of benzene rings is 1. The molecule has 0 saturated heterocycles. The van der Waals surface area contributed by atoms with E-state index in [1.807, 2.05) is 13.8 Å². The van der Waals surface area contributed by atoms with Crippen molar-refractivity contribution in [1.82, 2.24) is 4.57 Å². The predicted octanol–water partition coefficient (Wildman–Crippen LogP) is 1.83. The van der Waals surface area contributed by atoms with Crippen LogP contribution in [0.2, 0.25) is 0 Å². The zero-order chi connectivity index (χ0) is 14.0. The van der Waals surface area contributed by atoms with Gasteiger partial charge in [-0.25, -0.2) is 0 Å².